The highest BCUT2D eigenvalue weighted by Crippen LogP contribution is 2.43. The molecule has 0 aromatic heterocycles. The molecule has 2 heterocycles. The van der Waals surface area contributed by atoms with Gasteiger partial charge in [-0.25, -0.2) is 8.78 Å². The number of hydrogen-bond donors (Lipinski definition) is 2. The molecule has 1 aromatic carbocycles. The molecule has 24 heavy (non-hydrogen) atoms. The Labute approximate surface area is 137 Å². The number of nitrogens with zero attached hydrogens (tertiary/aromatic N) is 2. The van der Waals surface area contributed by atoms with E-state index in [9.17, 15) is 22.7 Å². The van der Waals surface area contributed by atoms with Crippen LogP contribution >= 0.6 is 0 Å². The van der Waals surface area contributed by atoms with Crippen molar-refractivity contribution < 1.29 is 22.7 Å². The minimum Gasteiger partial charge on any atom is -0.507 e. The summed E-state index contributed by atoms with van der Waals surface area (Å²) in [5.41, 5.74) is -0.837. The maximum atomic E-state index is 14.5. The standard InChI is InChI=1S/C16H19F4N3O/c1-10-2-3-13(24)11(8-10)12-9-15(16(19,20)14(17)18)22-5-7-23(15)6-4-21-12/h2-3,8,14,22,24H,4-7,9H2,1H3. The van der Waals surface area contributed by atoms with Crippen LogP contribution in [-0.2, 0) is 0 Å². The van der Waals surface area contributed by atoms with E-state index in [0.29, 0.717) is 5.56 Å². The normalized spacial score (nSPS) is 25.5. The van der Waals surface area contributed by atoms with Crippen molar-refractivity contribution in [3.05, 3.63) is 29.3 Å². The molecule has 132 valence electrons. The second-order valence-electron chi connectivity index (χ2n) is 6.22. The van der Waals surface area contributed by atoms with Crippen molar-refractivity contribution in [2.45, 2.75) is 31.4 Å². The lowest BCUT2D eigenvalue weighted by Crippen LogP contribution is -2.67. The predicted octanol–water partition coefficient (Wildman–Crippen LogP) is 2.40. The molecule has 2 aliphatic rings. The van der Waals surface area contributed by atoms with Crippen LogP contribution in [0.1, 0.15) is 17.5 Å². The van der Waals surface area contributed by atoms with Gasteiger partial charge in [-0.1, -0.05) is 11.6 Å². The third kappa shape index (κ3) is 2.57. The van der Waals surface area contributed by atoms with Crippen LogP contribution in [0.2, 0.25) is 0 Å². The fourth-order valence-electron chi connectivity index (χ4n) is 3.47. The molecule has 1 fully saturated rings. The van der Waals surface area contributed by atoms with Crippen LogP contribution in [-0.4, -0.2) is 59.9 Å². The van der Waals surface area contributed by atoms with Gasteiger partial charge in [0.25, 0.3) is 0 Å². The van der Waals surface area contributed by atoms with E-state index in [2.05, 4.69) is 10.3 Å². The molecule has 2 aliphatic heterocycles. The zero-order chi connectivity index (χ0) is 17.5. The van der Waals surface area contributed by atoms with E-state index in [1.54, 1.807) is 19.1 Å². The number of phenols is 1. The second-order valence-corrected chi connectivity index (χ2v) is 6.22. The molecule has 3 rings (SSSR count). The van der Waals surface area contributed by atoms with Gasteiger partial charge in [0.15, 0.2) is 0 Å². The van der Waals surface area contributed by atoms with Gasteiger partial charge in [-0.3, -0.25) is 15.2 Å². The van der Waals surface area contributed by atoms with Gasteiger partial charge in [0, 0.05) is 37.3 Å². The molecule has 0 amide bonds. The Bertz CT molecular complexity index is 665. The van der Waals surface area contributed by atoms with Crippen LogP contribution in [0.25, 0.3) is 0 Å². The molecule has 2 N–H and O–H groups in total. The van der Waals surface area contributed by atoms with E-state index in [1.807, 2.05) is 0 Å². The summed E-state index contributed by atoms with van der Waals surface area (Å²) in [7, 11) is 0. The van der Waals surface area contributed by atoms with Crippen molar-refractivity contribution in [3.63, 3.8) is 0 Å². The zero-order valence-electron chi connectivity index (χ0n) is 13.2. The summed E-state index contributed by atoms with van der Waals surface area (Å²) in [4.78, 5) is 5.64. The average Bonchev–Trinajstić information content (AvgIpc) is 2.84. The Balaban J connectivity index is 2.06. The summed E-state index contributed by atoms with van der Waals surface area (Å²) in [6, 6.07) is 4.77. The van der Waals surface area contributed by atoms with Crippen LogP contribution in [0, 0.1) is 6.92 Å². The fourth-order valence-corrected chi connectivity index (χ4v) is 3.47. The number of hydrogen-bond acceptors (Lipinski definition) is 4. The van der Waals surface area contributed by atoms with E-state index < -0.39 is 24.4 Å². The van der Waals surface area contributed by atoms with Gasteiger partial charge in [-0.05, 0) is 19.1 Å². The lowest BCUT2D eigenvalue weighted by molar-refractivity contribution is -0.212. The van der Waals surface area contributed by atoms with Crippen LogP contribution < -0.4 is 5.32 Å². The third-order valence-electron chi connectivity index (χ3n) is 4.72. The van der Waals surface area contributed by atoms with Crippen molar-refractivity contribution in [1.29, 1.82) is 0 Å². The number of fused-ring (bicyclic) bond motifs is 1. The Morgan fingerprint density at radius 1 is 1.33 bits per heavy atom. The smallest absolute Gasteiger partial charge is 0.338 e. The molecular formula is C16H19F4N3O. The Morgan fingerprint density at radius 3 is 2.79 bits per heavy atom. The minimum absolute atomic E-state index is 0.0960. The maximum absolute atomic E-state index is 14.5. The molecule has 4 nitrogen and oxygen atoms in total. The first kappa shape index (κ1) is 17.2. The van der Waals surface area contributed by atoms with Crippen molar-refractivity contribution in [1.82, 2.24) is 10.2 Å². The maximum Gasteiger partial charge on any atom is 0.338 e. The molecule has 1 atom stereocenters. The Hall–Kier alpha value is -1.67. The number of aromatic hydroxyl groups is 1. The summed E-state index contributed by atoms with van der Waals surface area (Å²) < 4.78 is 55.2. The number of nitrogens with one attached hydrogen (secondary N) is 1. The quantitative estimate of drug-likeness (QED) is 0.827. The number of halogens is 4. The van der Waals surface area contributed by atoms with Crippen molar-refractivity contribution in [3.8, 4) is 5.75 Å². The molecule has 0 aliphatic carbocycles. The summed E-state index contributed by atoms with van der Waals surface area (Å²) >= 11 is 0. The predicted molar refractivity (Wildman–Crippen MR) is 82.1 cm³/mol. The van der Waals surface area contributed by atoms with Crippen molar-refractivity contribution >= 4 is 5.71 Å². The lowest BCUT2D eigenvalue weighted by atomic mass is 9.90. The first-order chi connectivity index (χ1) is 11.3. The Morgan fingerprint density at radius 2 is 2.08 bits per heavy atom. The summed E-state index contributed by atoms with van der Waals surface area (Å²) in [5, 5.41) is 12.7. The molecular weight excluding hydrogens is 326 g/mol. The average molecular weight is 345 g/mol. The highest BCUT2D eigenvalue weighted by molar-refractivity contribution is 6.03. The van der Waals surface area contributed by atoms with Gasteiger partial charge >= 0.3 is 12.3 Å². The zero-order valence-corrected chi connectivity index (χ0v) is 13.2. The van der Waals surface area contributed by atoms with Crippen molar-refractivity contribution in [2.75, 3.05) is 26.2 Å². The van der Waals surface area contributed by atoms with Gasteiger partial charge in [0.2, 0.25) is 0 Å². The van der Waals surface area contributed by atoms with Gasteiger partial charge in [-0.2, -0.15) is 8.78 Å². The number of aryl methyl sites for hydroxylation is 1. The van der Waals surface area contributed by atoms with E-state index in [0.717, 1.165) is 5.56 Å². The molecule has 0 saturated carbocycles. The molecule has 1 saturated heterocycles. The first-order valence-electron chi connectivity index (χ1n) is 7.77. The highest BCUT2D eigenvalue weighted by Gasteiger charge is 2.65. The number of rotatable bonds is 3. The van der Waals surface area contributed by atoms with E-state index in [-0.39, 0.29) is 37.6 Å². The number of alkyl halides is 4. The highest BCUT2D eigenvalue weighted by atomic mass is 19.3. The van der Waals surface area contributed by atoms with E-state index in [4.69, 9.17) is 0 Å². The largest absolute Gasteiger partial charge is 0.507 e. The van der Waals surface area contributed by atoms with Crippen molar-refractivity contribution in [2.24, 2.45) is 4.99 Å². The van der Waals surface area contributed by atoms with Crippen LogP contribution in [0.15, 0.2) is 23.2 Å². The third-order valence-corrected chi connectivity index (χ3v) is 4.72. The van der Waals surface area contributed by atoms with Gasteiger partial charge in [-0.15, -0.1) is 0 Å². The van der Waals surface area contributed by atoms with Crippen LogP contribution in [0.4, 0.5) is 17.6 Å². The molecule has 0 spiro atoms. The SMILES string of the molecule is Cc1ccc(O)c(C2=NCCN3CCNC3(C(F)(F)C(F)F)C2)c1. The van der Waals surface area contributed by atoms with Gasteiger partial charge in [0.1, 0.15) is 11.4 Å². The first-order valence-corrected chi connectivity index (χ1v) is 7.77. The van der Waals surface area contributed by atoms with E-state index in [1.165, 1.54) is 11.0 Å². The van der Waals surface area contributed by atoms with Crippen LogP contribution in [0.3, 0.4) is 0 Å². The molecule has 0 radical (unpaired) electrons. The Kier molecular flexibility index (Phi) is 4.29. The molecule has 8 heteroatoms. The number of benzene rings is 1. The summed E-state index contributed by atoms with van der Waals surface area (Å²) in [5.74, 6) is -4.34. The number of aliphatic imine (C=N–C) groups is 1. The topological polar surface area (TPSA) is 47.9 Å². The minimum atomic E-state index is -4.24. The summed E-state index contributed by atoms with van der Waals surface area (Å²) in [6.07, 6.45) is -4.20. The molecule has 1 unspecified atom stereocenters. The van der Waals surface area contributed by atoms with Gasteiger partial charge in [0.05, 0.1) is 6.54 Å². The molecule has 1 aromatic rings. The van der Waals surface area contributed by atoms with E-state index >= 15 is 0 Å². The second kappa shape index (κ2) is 6.00. The fraction of sp³-hybridized carbons (Fsp3) is 0.562. The lowest BCUT2D eigenvalue weighted by Gasteiger charge is -2.42. The van der Waals surface area contributed by atoms with Crippen LogP contribution in [0.5, 0.6) is 5.75 Å². The van der Waals surface area contributed by atoms with Gasteiger partial charge < -0.3 is 5.11 Å². The number of phenolic OH excluding ortho intramolecular Hbond substituents is 1. The monoisotopic (exact) mass is 345 g/mol. The molecule has 0 bridgehead atoms. The summed E-state index contributed by atoms with van der Waals surface area (Å²) in [6.45, 7) is 2.63.